The van der Waals surface area contributed by atoms with Crippen LogP contribution >= 0.6 is 27.5 Å². The highest BCUT2D eigenvalue weighted by molar-refractivity contribution is 9.10. The smallest absolute Gasteiger partial charge is 0.145 e. The van der Waals surface area contributed by atoms with E-state index in [1.54, 1.807) is 12.3 Å². The second-order valence-electron chi connectivity index (χ2n) is 4.02. The van der Waals surface area contributed by atoms with Crippen LogP contribution < -0.4 is 11.1 Å². The molecular weight excluding hydrogens is 314 g/mol. The fraction of sp³-hybridized carbons (Fsp3) is 0.154. The second-order valence-corrected chi connectivity index (χ2v) is 5.34. The zero-order valence-electron chi connectivity index (χ0n) is 9.82. The van der Waals surface area contributed by atoms with Gasteiger partial charge in [0.05, 0.1) is 22.9 Å². The van der Waals surface area contributed by atoms with Gasteiger partial charge in [0.2, 0.25) is 0 Å². The standard InChI is InChI=1S/C13H13BrClN3/c1-8(9-3-2-4-10(14)5-9)18-13-12(15)6-11(16)7-17-13/h2-8H,16H2,1H3,(H,17,18). The van der Waals surface area contributed by atoms with Gasteiger partial charge in [0.15, 0.2) is 0 Å². The Bertz CT molecular complexity index is 560. The maximum Gasteiger partial charge on any atom is 0.145 e. The van der Waals surface area contributed by atoms with Crippen molar-refractivity contribution in [3.05, 3.63) is 51.6 Å². The summed E-state index contributed by atoms with van der Waals surface area (Å²) < 4.78 is 1.05. The fourth-order valence-corrected chi connectivity index (χ4v) is 2.27. The minimum atomic E-state index is 0.108. The molecule has 1 unspecified atom stereocenters. The first kappa shape index (κ1) is 13.2. The number of benzene rings is 1. The predicted octanol–water partition coefficient (Wildman–Crippen LogP) is 4.25. The first-order valence-corrected chi connectivity index (χ1v) is 6.66. The normalized spacial score (nSPS) is 12.2. The number of anilines is 2. The third-order valence-corrected chi connectivity index (χ3v) is 3.35. The summed E-state index contributed by atoms with van der Waals surface area (Å²) in [7, 11) is 0. The van der Waals surface area contributed by atoms with E-state index >= 15 is 0 Å². The molecule has 0 aliphatic heterocycles. The molecule has 1 atom stereocenters. The monoisotopic (exact) mass is 325 g/mol. The Kier molecular flexibility index (Phi) is 4.09. The number of nitrogens with one attached hydrogen (secondary N) is 1. The van der Waals surface area contributed by atoms with E-state index in [2.05, 4.69) is 39.2 Å². The third-order valence-electron chi connectivity index (χ3n) is 2.56. The lowest BCUT2D eigenvalue weighted by molar-refractivity contribution is 0.874. The van der Waals surface area contributed by atoms with E-state index in [9.17, 15) is 0 Å². The van der Waals surface area contributed by atoms with Crippen LogP contribution in [0.25, 0.3) is 0 Å². The third kappa shape index (κ3) is 3.15. The van der Waals surface area contributed by atoms with Crippen LogP contribution in [0.1, 0.15) is 18.5 Å². The Hall–Kier alpha value is -1.26. The molecule has 1 aromatic carbocycles. The van der Waals surface area contributed by atoms with Gasteiger partial charge in [-0.3, -0.25) is 0 Å². The summed E-state index contributed by atoms with van der Waals surface area (Å²) in [5.74, 6) is 0.637. The molecule has 1 aromatic heterocycles. The number of pyridine rings is 1. The lowest BCUT2D eigenvalue weighted by Gasteiger charge is -2.16. The quantitative estimate of drug-likeness (QED) is 0.886. The zero-order valence-corrected chi connectivity index (χ0v) is 12.2. The summed E-state index contributed by atoms with van der Waals surface area (Å²) >= 11 is 9.53. The van der Waals surface area contributed by atoms with Crippen molar-refractivity contribution in [2.75, 3.05) is 11.1 Å². The van der Waals surface area contributed by atoms with Gasteiger partial charge in [0.25, 0.3) is 0 Å². The maximum absolute atomic E-state index is 6.08. The zero-order chi connectivity index (χ0) is 13.1. The van der Waals surface area contributed by atoms with Crippen molar-refractivity contribution in [3.8, 4) is 0 Å². The van der Waals surface area contributed by atoms with Crippen LogP contribution in [0.3, 0.4) is 0 Å². The minimum absolute atomic E-state index is 0.108. The van der Waals surface area contributed by atoms with Gasteiger partial charge in [0, 0.05) is 4.47 Å². The maximum atomic E-state index is 6.08. The van der Waals surface area contributed by atoms with Crippen LogP contribution in [0, 0.1) is 0 Å². The van der Waals surface area contributed by atoms with Crippen molar-refractivity contribution in [2.45, 2.75) is 13.0 Å². The summed E-state index contributed by atoms with van der Waals surface area (Å²) in [5.41, 5.74) is 7.32. The first-order valence-electron chi connectivity index (χ1n) is 5.49. The van der Waals surface area contributed by atoms with E-state index in [-0.39, 0.29) is 6.04 Å². The molecule has 0 aliphatic rings. The Morgan fingerprint density at radius 2 is 2.17 bits per heavy atom. The Labute approximate surface area is 119 Å². The van der Waals surface area contributed by atoms with Gasteiger partial charge in [-0.15, -0.1) is 0 Å². The van der Waals surface area contributed by atoms with Gasteiger partial charge < -0.3 is 11.1 Å². The highest BCUT2D eigenvalue weighted by atomic mass is 79.9. The average molecular weight is 327 g/mol. The Balaban J connectivity index is 2.18. The number of nitrogen functional groups attached to an aromatic ring is 1. The molecule has 0 spiro atoms. The molecule has 0 saturated heterocycles. The van der Waals surface area contributed by atoms with E-state index in [0.29, 0.717) is 16.5 Å². The highest BCUT2D eigenvalue weighted by Crippen LogP contribution is 2.26. The molecule has 2 aromatic rings. The van der Waals surface area contributed by atoms with Crippen molar-refractivity contribution < 1.29 is 0 Å². The topological polar surface area (TPSA) is 50.9 Å². The van der Waals surface area contributed by atoms with Gasteiger partial charge in [-0.2, -0.15) is 0 Å². The van der Waals surface area contributed by atoms with E-state index in [0.717, 1.165) is 10.0 Å². The van der Waals surface area contributed by atoms with Crippen molar-refractivity contribution in [3.63, 3.8) is 0 Å². The van der Waals surface area contributed by atoms with Crippen LogP contribution in [-0.2, 0) is 0 Å². The lowest BCUT2D eigenvalue weighted by atomic mass is 10.1. The summed E-state index contributed by atoms with van der Waals surface area (Å²) in [6, 6.07) is 9.89. The minimum Gasteiger partial charge on any atom is -0.397 e. The molecule has 2 rings (SSSR count). The molecule has 5 heteroatoms. The first-order chi connectivity index (χ1) is 8.56. The average Bonchev–Trinajstić information content (AvgIpc) is 2.32. The van der Waals surface area contributed by atoms with Crippen LogP contribution in [0.15, 0.2) is 41.0 Å². The van der Waals surface area contributed by atoms with Crippen molar-refractivity contribution in [2.24, 2.45) is 0 Å². The number of aromatic nitrogens is 1. The van der Waals surface area contributed by atoms with E-state index in [1.165, 1.54) is 0 Å². The summed E-state index contributed by atoms with van der Waals surface area (Å²) in [4.78, 5) is 4.19. The molecular formula is C13H13BrClN3. The SMILES string of the molecule is CC(Nc1ncc(N)cc1Cl)c1cccc(Br)c1. The van der Waals surface area contributed by atoms with Crippen LogP contribution in [0.5, 0.6) is 0 Å². The molecule has 18 heavy (non-hydrogen) atoms. The second kappa shape index (κ2) is 5.59. The lowest BCUT2D eigenvalue weighted by Crippen LogP contribution is -2.08. The van der Waals surface area contributed by atoms with Crippen LogP contribution in [0.4, 0.5) is 11.5 Å². The molecule has 3 nitrogen and oxygen atoms in total. The molecule has 0 bridgehead atoms. The van der Waals surface area contributed by atoms with Crippen molar-refractivity contribution in [1.29, 1.82) is 0 Å². The van der Waals surface area contributed by atoms with Crippen molar-refractivity contribution in [1.82, 2.24) is 4.98 Å². The van der Waals surface area contributed by atoms with Gasteiger partial charge in [0.1, 0.15) is 5.82 Å². The molecule has 0 fully saturated rings. The van der Waals surface area contributed by atoms with Gasteiger partial charge in [-0.25, -0.2) is 4.98 Å². The summed E-state index contributed by atoms with van der Waals surface area (Å²) in [5, 5.41) is 3.79. The molecule has 94 valence electrons. The largest absolute Gasteiger partial charge is 0.397 e. The summed E-state index contributed by atoms with van der Waals surface area (Å²) in [6.45, 7) is 2.05. The molecule has 0 radical (unpaired) electrons. The van der Waals surface area contributed by atoms with Crippen molar-refractivity contribution >= 4 is 39.0 Å². The number of nitrogens with zero attached hydrogens (tertiary/aromatic N) is 1. The number of nitrogens with two attached hydrogens (primary N) is 1. The van der Waals surface area contributed by atoms with Crippen LogP contribution in [0.2, 0.25) is 5.02 Å². The fourth-order valence-electron chi connectivity index (χ4n) is 1.62. The predicted molar refractivity (Wildman–Crippen MR) is 79.8 cm³/mol. The molecule has 0 saturated carbocycles. The number of hydrogen-bond acceptors (Lipinski definition) is 3. The van der Waals surface area contributed by atoms with E-state index < -0.39 is 0 Å². The van der Waals surface area contributed by atoms with Gasteiger partial charge >= 0.3 is 0 Å². The van der Waals surface area contributed by atoms with Gasteiger partial charge in [-0.05, 0) is 30.7 Å². The Morgan fingerprint density at radius 3 is 2.83 bits per heavy atom. The number of halogens is 2. The van der Waals surface area contributed by atoms with E-state index in [4.69, 9.17) is 17.3 Å². The van der Waals surface area contributed by atoms with Crippen LogP contribution in [-0.4, -0.2) is 4.98 Å². The number of hydrogen-bond donors (Lipinski definition) is 2. The molecule has 1 heterocycles. The summed E-state index contributed by atoms with van der Waals surface area (Å²) in [6.07, 6.45) is 1.59. The molecule has 0 amide bonds. The molecule has 0 aliphatic carbocycles. The van der Waals surface area contributed by atoms with Gasteiger partial charge in [-0.1, -0.05) is 39.7 Å². The number of rotatable bonds is 3. The Morgan fingerprint density at radius 1 is 1.39 bits per heavy atom. The molecule has 3 N–H and O–H groups in total. The highest BCUT2D eigenvalue weighted by Gasteiger charge is 2.09. The van der Waals surface area contributed by atoms with E-state index in [1.807, 2.05) is 18.2 Å².